The summed E-state index contributed by atoms with van der Waals surface area (Å²) in [5.41, 5.74) is 2.81. The normalized spacial score (nSPS) is 13.4. The van der Waals surface area contributed by atoms with Gasteiger partial charge in [-0.3, -0.25) is 4.79 Å². The molecule has 1 aromatic carbocycles. The van der Waals surface area contributed by atoms with Gasteiger partial charge in [0.1, 0.15) is 16.5 Å². The number of thiophene rings is 1. The van der Waals surface area contributed by atoms with Gasteiger partial charge in [0.2, 0.25) is 0 Å². The zero-order chi connectivity index (χ0) is 20.9. The molecule has 0 radical (unpaired) electrons. The van der Waals surface area contributed by atoms with Crippen molar-refractivity contribution >= 4 is 44.4 Å². The Morgan fingerprint density at radius 1 is 1.33 bits per heavy atom. The highest BCUT2D eigenvalue weighted by molar-refractivity contribution is 9.10. The number of furan rings is 1. The lowest BCUT2D eigenvalue weighted by molar-refractivity contribution is 0.0948. The van der Waals surface area contributed by atoms with Gasteiger partial charge in [-0.15, -0.1) is 11.3 Å². The number of benzene rings is 1. The number of amides is 1. The van der Waals surface area contributed by atoms with E-state index in [1.165, 1.54) is 4.88 Å². The number of ether oxygens (including phenoxy) is 1. The molecule has 7 heteroatoms. The van der Waals surface area contributed by atoms with Gasteiger partial charge in [-0.2, -0.15) is 0 Å². The molecule has 0 bridgehead atoms. The van der Waals surface area contributed by atoms with Gasteiger partial charge >= 0.3 is 0 Å². The number of fused-ring (bicyclic) bond motifs is 1. The standard InChI is InChI=1S/C23H23BrN2O3S/c1-2-28-19-10-9-15(12-18(19)24)13-26-23-21(17-7-3-4-8-20(17)30-23)22(27)25-14-16-6-5-11-29-16/h5-6,9-13H,2-4,7-8,14H2,1H3,(H,25,27). The lowest BCUT2D eigenvalue weighted by atomic mass is 9.95. The summed E-state index contributed by atoms with van der Waals surface area (Å²) >= 11 is 5.17. The second-order valence-corrected chi connectivity index (χ2v) is 8.97. The summed E-state index contributed by atoms with van der Waals surface area (Å²) in [5.74, 6) is 1.45. The maximum absolute atomic E-state index is 13.0. The number of hydrogen-bond donors (Lipinski definition) is 1. The Labute approximate surface area is 188 Å². The molecule has 1 aliphatic rings. The van der Waals surface area contributed by atoms with Gasteiger partial charge in [0.15, 0.2) is 0 Å². The van der Waals surface area contributed by atoms with Crippen LogP contribution in [0, 0.1) is 0 Å². The third-order valence-electron chi connectivity index (χ3n) is 4.97. The highest BCUT2D eigenvalue weighted by Crippen LogP contribution is 2.40. The van der Waals surface area contributed by atoms with Crippen LogP contribution in [0.2, 0.25) is 0 Å². The van der Waals surface area contributed by atoms with E-state index >= 15 is 0 Å². The predicted octanol–water partition coefficient (Wildman–Crippen LogP) is 6.06. The third kappa shape index (κ3) is 4.68. The molecule has 3 aromatic rings. The molecule has 1 aliphatic carbocycles. The minimum atomic E-state index is -0.0918. The van der Waals surface area contributed by atoms with E-state index in [1.807, 2.05) is 37.3 Å². The van der Waals surface area contributed by atoms with Crippen LogP contribution in [0.5, 0.6) is 5.75 Å². The zero-order valence-electron chi connectivity index (χ0n) is 16.7. The van der Waals surface area contributed by atoms with Crippen LogP contribution >= 0.6 is 27.3 Å². The Balaban J connectivity index is 1.59. The van der Waals surface area contributed by atoms with Crippen molar-refractivity contribution in [3.63, 3.8) is 0 Å². The number of nitrogens with one attached hydrogen (secondary N) is 1. The molecular formula is C23H23BrN2O3S. The summed E-state index contributed by atoms with van der Waals surface area (Å²) in [4.78, 5) is 19.0. The van der Waals surface area contributed by atoms with Gasteiger partial charge < -0.3 is 14.5 Å². The second-order valence-electron chi connectivity index (χ2n) is 7.03. The number of aryl methyl sites for hydroxylation is 1. The summed E-state index contributed by atoms with van der Waals surface area (Å²) < 4.78 is 11.8. The molecule has 0 saturated heterocycles. The van der Waals surface area contributed by atoms with Crippen molar-refractivity contribution in [2.24, 2.45) is 4.99 Å². The minimum absolute atomic E-state index is 0.0918. The molecule has 1 N–H and O–H groups in total. The number of rotatable bonds is 7. The molecule has 156 valence electrons. The van der Waals surface area contributed by atoms with Gasteiger partial charge in [-0.25, -0.2) is 4.99 Å². The average molecular weight is 487 g/mol. The van der Waals surface area contributed by atoms with Gasteiger partial charge in [-0.05, 0) is 90.0 Å². The lowest BCUT2D eigenvalue weighted by Gasteiger charge is -2.12. The molecule has 1 amide bonds. The third-order valence-corrected chi connectivity index (χ3v) is 6.79. The molecule has 4 rings (SSSR count). The van der Waals surface area contributed by atoms with E-state index < -0.39 is 0 Å². The number of hydrogen-bond acceptors (Lipinski definition) is 5. The Kier molecular flexibility index (Phi) is 6.69. The molecule has 0 atom stereocenters. The zero-order valence-corrected chi connectivity index (χ0v) is 19.1. The minimum Gasteiger partial charge on any atom is -0.493 e. The summed E-state index contributed by atoms with van der Waals surface area (Å²) in [6.07, 6.45) is 7.63. The van der Waals surface area contributed by atoms with E-state index in [0.717, 1.165) is 57.8 Å². The van der Waals surface area contributed by atoms with Crippen molar-refractivity contribution < 1.29 is 13.9 Å². The number of carbonyl (C=O) groups excluding carboxylic acids is 1. The lowest BCUT2D eigenvalue weighted by Crippen LogP contribution is -2.23. The fraction of sp³-hybridized carbons (Fsp3) is 0.304. The Morgan fingerprint density at radius 2 is 2.20 bits per heavy atom. The maximum atomic E-state index is 13.0. The van der Waals surface area contributed by atoms with Gasteiger partial charge in [-0.1, -0.05) is 0 Å². The van der Waals surface area contributed by atoms with Crippen LogP contribution in [0.1, 0.15) is 51.9 Å². The van der Waals surface area contributed by atoms with Crippen LogP contribution < -0.4 is 10.1 Å². The first kappa shape index (κ1) is 20.9. The van der Waals surface area contributed by atoms with Gasteiger partial charge in [0.05, 0.1) is 29.5 Å². The first-order chi connectivity index (χ1) is 14.7. The summed E-state index contributed by atoms with van der Waals surface area (Å²) in [7, 11) is 0. The van der Waals surface area contributed by atoms with E-state index in [2.05, 4.69) is 21.2 Å². The molecule has 30 heavy (non-hydrogen) atoms. The van der Waals surface area contributed by atoms with Crippen LogP contribution in [0.15, 0.2) is 50.5 Å². The molecule has 2 heterocycles. The van der Waals surface area contributed by atoms with Crippen LogP contribution in [0.3, 0.4) is 0 Å². The smallest absolute Gasteiger partial charge is 0.255 e. The number of carbonyl (C=O) groups is 1. The maximum Gasteiger partial charge on any atom is 0.255 e. The van der Waals surface area contributed by atoms with Gasteiger partial charge in [0, 0.05) is 11.1 Å². The molecule has 2 aromatic heterocycles. The van der Waals surface area contributed by atoms with Crippen molar-refractivity contribution in [2.75, 3.05) is 6.61 Å². The Morgan fingerprint density at radius 3 is 2.97 bits per heavy atom. The number of nitrogens with zero attached hydrogens (tertiary/aromatic N) is 1. The summed E-state index contributed by atoms with van der Waals surface area (Å²) in [6, 6.07) is 9.53. The first-order valence-electron chi connectivity index (χ1n) is 10.1. The van der Waals surface area contributed by atoms with Crippen LogP contribution in [-0.4, -0.2) is 18.7 Å². The van der Waals surface area contributed by atoms with Crippen LogP contribution in [-0.2, 0) is 19.4 Å². The topological polar surface area (TPSA) is 63.8 Å². The van der Waals surface area contributed by atoms with Crippen molar-refractivity contribution in [1.82, 2.24) is 5.32 Å². The predicted molar refractivity (Wildman–Crippen MR) is 123 cm³/mol. The van der Waals surface area contributed by atoms with E-state index in [9.17, 15) is 4.79 Å². The molecule has 0 spiro atoms. The van der Waals surface area contributed by atoms with Gasteiger partial charge in [0.25, 0.3) is 5.91 Å². The quantitative estimate of drug-likeness (QED) is 0.412. The fourth-order valence-electron chi connectivity index (χ4n) is 3.55. The number of aliphatic imine (C=N–C) groups is 1. The highest BCUT2D eigenvalue weighted by Gasteiger charge is 2.25. The van der Waals surface area contributed by atoms with Crippen LogP contribution in [0.25, 0.3) is 0 Å². The molecule has 5 nitrogen and oxygen atoms in total. The Hall–Kier alpha value is -2.38. The van der Waals surface area contributed by atoms with Crippen molar-refractivity contribution in [3.05, 3.63) is 68.4 Å². The second kappa shape index (κ2) is 9.62. The average Bonchev–Trinajstić information content (AvgIpc) is 3.40. The highest BCUT2D eigenvalue weighted by atomic mass is 79.9. The fourth-order valence-corrected chi connectivity index (χ4v) is 5.29. The van der Waals surface area contributed by atoms with E-state index in [0.29, 0.717) is 18.7 Å². The number of halogens is 1. The summed E-state index contributed by atoms with van der Waals surface area (Å²) in [6.45, 7) is 2.94. The van der Waals surface area contributed by atoms with E-state index in [1.54, 1.807) is 23.8 Å². The van der Waals surface area contributed by atoms with Crippen molar-refractivity contribution in [2.45, 2.75) is 39.2 Å². The molecular weight excluding hydrogens is 464 g/mol. The monoisotopic (exact) mass is 486 g/mol. The molecule has 0 aliphatic heterocycles. The molecule has 0 unspecified atom stereocenters. The summed E-state index contributed by atoms with van der Waals surface area (Å²) in [5, 5.41) is 3.75. The van der Waals surface area contributed by atoms with Crippen molar-refractivity contribution in [1.29, 1.82) is 0 Å². The SMILES string of the molecule is CCOc1ccc(C=Nc2sc3c(c2C(=O)NCc2ccco2)CCCC3)cc1Br. The van der Waals surface area contributed by atoms with E-state index in [-0.39, 0.29) is 5.91 Å². The first-order valence-corrected chi connectivity index (χ1v) is 11.7. The van der Waals surface area contributed by atoms with E-state index in [4.69, 9.17) is 14.1 Å². The van der Waals surface area contributed by atoms with Crippen molar-refractivity contribution in [3.8, 4) is 5.75 Å². The molecule has 0 saturated carbocycles. The molecule has 0 fully saturated rings. The Bertz CT molecular complexity index is 1060. The van der Waals surface area contributed by atoms with Crippen LogP contribution in [0.4, 0.5) is 5.00 Å². The largest absolute Gasteiger partial charge is 0.493 e.